The largest absolute Gasteiger partial charge is 0.293 e. The van der Waals surface area contributed by atoms with E-state index in [0.717, 1.165) is 24.1 Å². The lowest BCUT2D eigenvalue weighted by Gasteiger charge is -2.29. The van der Waals surface area contributed by atoms with Crippen molar-refractivity contribution in [2.75, 3.05) is 0 Å². The molecule has 0 saturated heterocycles. The lowest BCUT2D eigenvalue weighted by atomic mass is 9.74. The third-order valence-electron chi connectivity index (χ3n) is 4.09. The highest BCUT2D eigenvalue weighted by Crippen LogP contribution is 2.46. The summed E-state index contributed by atoms with van der Waals surface area (Å²) in [6.45, 7) is 8.65. The van der Waals surface area contributed by atoms with Gasteiger partial charge in [-0.15, -0.1) is 11.3 Å². The zero-order chi connectivity index (χ0) is 13.3. The summed E-state index contributed by atoms with van der Waals surface area (Å²) in [5.74, 6) is 1.04. The molecule has 100 valence electrons. The van der Waals surface area contributed by atoms with E-state index in [0.29, 0.717) is 11.7 Å². The Bertz CT molecular complexity index is 436. The summed E-state index contributed by atoms with van der Waals surface area (Å²) in [5, 5.41) is 0. The Morgan fingerprint density at radius 1 is 1.33 bits per heavy atom. The van der Waals surface area contributed by atoms with Gasteiger partial charge < -0.3 is 0 Å². The van der Waals surface area contributed by atoms with E-state index in [1.807, 2.05) is 0 Å². The van der Waals surface area contributed by atoms with Gasteiger partial charge in [0, 0.05) is 10.3 Å². The van der Waals surface area contributed by atoms with Crippen LogP contribution < -0.4 is 0 Å². The Balaban J connectivity index is 2.31. The van der Waals surface area contributed by atoms with Crippen LogP contribution in [0.25, 0.3) is 0 Å². The number of carbonyl (C=O) groups is 1. The first-order valence-corrected chi connectivity index (χ1v) is 7.88. The van der Waals surface area contributed by atoms with Gasteiger partial charge in [0.1, 0.15) is 0 Å². The van der Waals surface area contributed by atoms with Crippen LogP contribution in [0, 0.1) is 25.2 Å². The van der Waals surface area contributed by atoms with Crippen molar-refractivity contribution in [3.63, 3.8) is 0 Å². The molecule has 1 nitrogen and oxygen atoms in total. The van der Waals surface area contributed by atoms with Crippen LogP contribution in [0.4, 0.5) is 0 Å². The van der Waals surface area contributed by atoms with Crippen molar-refractivity contribution in [2.45, 2.75) is 59.8 Å². The van der Waals surface area contributed by atoms with Crippen molar-refractivity contribution in [2.24, 2.45) is 11.3 Å². The van der Waals surface area contributed by atoms with E-state index in [1.165, 1.54) is 23.3 Å². The Labute approximate surface area is 115 Å². The van der Waals surface area contributed by atoms with E-state index in [1.54, 1.807) is 11.3 Å². The van der Waals surface area contributed by atoms with Crippen molar-refractivity contribution in [3.05, 3.63) is 21.4 Å². The Morgan fingerprint density at radius 2 is 1.94 bits per heavy atom. The number of hydrogen-bond acceptors (Lipinski definition) is 2. The van der Waals surface area contributed by atoms with Gasteiger partial charge >= 0.3 is 0 Å². The fourth-order valence-corrected chi connectivity index (χ4v) is 4.55. The molecule has 0 atom stereocenters. The second kappa shape index (κ2) is 5.16. The number of carbonyl (C=O) groups excluding carboxylic acids is 1. The van der Waals surface area contributed by atoms with E-state index in [4.69, 9.17) is 0 Å². The van der Waals surface area contributed by atoms with Gasteiger partial charge in [-0.05, 0) is 50.7 Å². The summed E-state index contributed by atoms with van der Waals surface area (Å²) in [4.78, 5) is 15.2. The number of thiophene rings is 1. The highest BCUT2D eigenvalue weighted by atomic mass is 32.1. The third kappa shape index (κ3) is 2.54. The molecule has 0 aliphatic heterocycles. The van der Waals surface area contributed by atoms with Crippen LogP contribution >= 0.6 is 11.3 Å². The minimum absolute atomic E-state index is 0.0454. The topological polar surface area (TPSA) is 17.1 Å². The first kappa shape index (κ1) is 13.8. The molecule has 0 aromatic carbocycles. The van der Waals surface area contributed by atoms with Gasteiger partial charge in [0.15, 0.2) is 5.78 Å². The average Bonchev–Trinajstić information content (AvgIpc) is 2.84. The van der Waals surface area contributed by atoms with Crippen LogP contribution in [-0.2, 0) is 0 Å². The predicted molar refractivity (Wildman–Crippen MR) is 78.5 cm³/mol. The standard InChI is InChI=1S/C16H24OS/c1-11(2)10-16(7-5-6-8-16)15(17)14-12(3)9-13(4)18-14/h9,11H,5-8,10H2,1-4H3. The van der Waals surface area contributed by atoms with E-state index in [-0.39, 0.29) is 5.41 Å². The van der Waals surface area contributed by atoms with Crippen LogP contribution in [0.1, 0.15) is 66.1 Å². The minimum Gasteiger partial charge on any atom is -0.293 e. The summed E-state index contributed by atoms with van der Waals surface area (Å²) in [6, 6.07) is 2.15. The maximum atomic E-state index is 12.9. The fraction of sp³-hybridized carbons (Fsp3) is 0.688. The summed E-state index contributed by atoms with van der Waals surface area (Å²) in [6.07, 6.45) is 5.70. The zero-order valence-corrected chi connectivity index (χ0v) is 12.8. The second-order valence-electron chi connectivity index (χ2n) is 6.28. The molecule has 18 heavy (non-hydrogen) atoms. The van der Waals surface area contributed by atoms with Crippen LogP contribution in [0.3, 0.4) is 0 Å². The van der Waals surface area contributed by atoms with Crippen LogP contribution in [-0.4, -0.2) is 5.78 Å². The van der Waals surface area contributed by atoms with Gasteiger partial charge in [-0.1, -0.05) is 26.7 Å². The number of hydrogen-bond donors (Lipinski definition) is 0. The predicted octanol–water partition coefficient (Wildman–Crippen LogP) is 5.15. The van der Waals surface area contributed by atoms with E-state index >= 15 is 0 Å². The van der Waals surface area contributed by atoms with Crippen molar-refractivity contribution >= 4 is 17.1 Å². The smallest absolute Gasteiger partial charge is 0.179 e. The number of Topliss-reactive ketones (excluding diaryl/α,β-unsaturated/α-hetero) is 1. The number of rotatable bonds is 4. The highest BCUT2D eigenvalue weighted by Gasteiger charge is 2.42. The number of ketones is 1. The van der Waals surface area contributed by atoms with E-state index < -0.39 is 0 Å². The molecule has 1 heterocycles. The SMILES string of the molecule is Cc1cc(C)c(C(=O)C2(CC(C)C)CCCC2)s1. The summed E-state index contributed by atoms with van der Waals surface area (Å²) in [7, 11) is 0. The number of aryl methyl sites for hydroxylation is 2. The summed E-state index contributed by atoms with van der Waals surface area (Å²) < 4.78 is 0. The first-order chi connectivity index (χ1) is 8.44. The normalized spacial score (nSPS) is 18.5. The monoisotopic (exact) mass is 264 g/mol. The van der Waals surface area contributed by atoms with Gasteiger partial charge in [-0.3, -0.25) is 4.79 Å². The molecule has 0 spiro atoms. The highest BCUT2D eigenvalue weighted by molar-refractivity contribution is 7.14. The molecular formula is C16H24OS. The molecule has 0 bridgehead atoms. The maximum Gasteiger partial charge on any atom is 0.179 e. The molecule has 0 radical (unpaired) electrons. The van der Waals surface area contributed by atoms with Crippen molar-refractivity contribution < 1.29 is 4.79 Å². The molecule has 1 aliphatic rings. The fourth-order valence-electron chi connectivity index (χ4n) is 3.46. The first-order valence-electron chi connectivity index (χ1n) is 7.06. The van der Waals surface area contributed by atoms with Crippen molar-refractivity contribution in [1.82, 2.24) is 0 Å². The van der Waals surface area contributed by atoms with Crippen LogP contribution in [0.15, 0.2) is 6.07 Å². The molecule has 0 amide bonds. The third-order valence-corrected chi connectivity index (χ3v) is 5.24. The zero-order valence-electron chi connectivity index (χ0n) is 12.0. The van der Waals surface area contributed by atoms with Crippen LogP contribution in [0.2, 0.25) is 0 Å². The Morgan fingerprint density at radius 3 is 2.39 bits per heavy atom. The molecular weight excluding hydrogens is 240 g/mol. The summed E-state index contributed by atoms with van der Waals surface area (Å²) >= 11 is 1.69. The molecule has 1 aromatic rings. The van der Waals surface area contributed by atoms with E-state index in [2.05, 4.69) is 33.8 Å². The van der Waals surface area contributed by atoms with Gasteiger partial charge in [0.05, 0.1) is 4.88 Å². The molecule has 0 N–H and O–H groups in total. The second-order valence-corrected chi connectivity index (χ2v) is 7.54. The maximum absolute atomic E-state index is 12.9. The van der Waals surface area contributed by atoms with Gasteiger partial charge in [0.25, 0.3) is 0 Å². The molecule has 0 unspecified atom stereocenters. The Kier molecular flexibility index (Phi) is 3.96. The minimum atomic E-state index is -0.0454. The quantitative estimate of drug-likeness (QED) is 0.687. The van der Waals surface area contributed by atoms with Crippen LogP contribution in [0.5, 0.6) is 0 Å². The van der Waals surface area contributed by atoms with Gasteiger partial charge in [-0.25, -0.2) is 0 Å². The lowest BCUT2D eigenvalue weighted by Crippen LogP contribution is -2.29. The molecule has 1 aliphatic carbocycles. The lowest BCUT2D eigenvalue weighted by molar-refractivity contribution is 0.0764. The van der Waals surface area contributed by atoms with E-state index in [9.17, 15) is 4.79 Å². The molecule has 2 rings (SSSR count). The van der Waals surface area contributed by atoms with Crippen molar-refractivity contribution in [1.29, 1.82) is 0 Å². The average molecular weight is 264 g/mol. The van der Waals surface area contributed by atoms with Gasteiger partial charge in [0.2, 0.25) is 0 Å². The molecule has 2 heteroatoms. The molecule has 1 saturated carbocycles. The molecule has 1 aromatic heterocycles. The summed E-state index contributed by atoms with van der Waals surface area (Å²) in [5.41, 5.74) is 1.13. The Hall–Kier alpha value is -0.630. The van der Waals surface area contributed by atoms with Crippen molar-refractivity contribution in [3.8, 4) is 0 Å². The van der Waals surface area contributed by atoms with Gasteiger partial charge in [-0.2, -0.15) is 0 Å². The molecule has 1 fully saturated rings.